The van der Waals surface area contributed by atoms with Crippen LogP contribution >= 0.6 is 0 Å². The monoisotopic (exact) mass is 114 g/mol. The van der Waals surface area contributed by atoms with Crippen molar-refractivity contribution in [2.45, 2.75) is 6.92 Å². The van der Waals surface area contributed by atoms with E-state index in [4.69, 9.17) is 5.11 Å². The van der Waals surface area contributed by atoms with Gasteiger partial charge >= 0.3 is 5.97 Å². The van der Waals surface area contributed by atoms with Crippen LogP contribution in [0.25, 0.3) is 0 Å². The first-order chi connectivity index (χ1) is 3.68. The van der Waals surface area contributed by atoms with Gasteiger partial charge in [0.2, 0.25) is 0 Å². The van der Waals surface area contributed by atoms with Crippen molar-refractivity contribution in [3.05, 3.63) is 11.6 Å². The van der Waals surface area contributed by atoms with Crippen LogP contribution in [0.5, 0.6) is 0 Å². The van der Waals surface area contributed by atoms with E-state index in [1.165, 1.54) is 6.92 Å². The maximum Gasteiger partial charge on any atom is 0.331 e. The molecular formula is C5H6O3. The summed E-state index contributed by atoms with van der Waals surface area (Å²) in [5.74, 6) is -1.06. The highest BCUT2D eigenvalue weighted by Crippen LogP contribution is 1.87. The van der Waals surface area contributed by atoms with Crippen molar-refractivity contribution in [1.82, 2.24) is 0 Å². The normalized spacial score (nSPS) is 10.9. The van der Waals surface area contributed by atoms with Gasteiger partial charge in [0, 0.05) is 5.57 Å². The summed E-state index contributed by atoms with van der Waals surface area (Å²) in [7, 11) is 0. The summed E-state index contributed by atoms with van der Waals surface area (Å²) in [5.41, 5.74) is 0.0556. The van der Waals surface area contributed by atoms with E-state index in [1.54, 1.807) is 0 Å². The molecule has 0 aliphatic rings. The Morgan fingerprint density at radius 3 is 2.25 bits per heavy atom. The minimum atomic E-state index is -1.06. The van der Waals surface area contributed by atoms with Crippen molar-refractivity contribution >= 4 is 12.3 Å². The molecule has 1 N–H and O–H groups in total. The Hall–Kier alpha value is -1.12. The highest BCUT2D eigenvalue weighted by atomic mass is 16.4. The highest BCUT2D eigenvalue weighted by Gasteiger charge is 1.95. The summed E-state index contributed by atoms with van der Waals surface area (Å²) in [6, 6.07) is 0. The minimum absolute atomic E-state index is 0.0556. The lowest BCUT2D eigenvalue weighted by molar-refractivity contribution is -0.132. The second-order valence-corrected chi connectivity index (χ2v) is 1.29. The van der Waals surface area contributed by atoms with Gasteiger partial charge in [-0.2, -0.15) is 0 Å². The fourth-order valence-corrected chi connectivity index (χ4v) is 0.173. The van der Waals surface area contributed by atoms with E-state index in [0.717, 1.165) is 6.08 Å². The lowest BCUT2D eigenvalue weighted by Crippen LogP contribution is -1.95. The predicted molar refractivity (Wildman–Crippen MR) is 27.5 cm³/mol. The number of carboxylic acids is 1. The van der Waals surface area contributed by atoms with Crippen LogP contribution in [0.3, 0.4) is 0 Å². The van der Waals surface area contributed by atoms with E-state index in [0.29, 0.717) is 6.29 Å². The van der Waals surface area contributed by atoms with Crippen molar-refractivity contribution in [2.24, 2.45) is 0 Å². The number of hydrogen-bond donors (Lipinski definition) is 1. The zero-order valence-electron chi connectivity index (χ0n) is 4.42. The fraction of sp³-hybridized carbons (Fsp3) is 0.200. The van der Waals surface area contributed by atoms with Gasteiger partial charge in [-0.15, -0.1) is 0 Å². The highest BCUT2D eigenvalue weighted by molar-refractivity contribution is 5.90. The molecule has 0 amide bonds. The second kappa shape index (κ2) is 2.96. The average Bonchev–Trinajstić information content (AvgIpc) is 1.67. The molecule has 0 unspecified atom stereocenters. The van der Waals surface area contributed by atoms with Gasteiger partial charge in [-0.3, -0.25) is 4.79 Å². The second-order valence-electron chi connectivity index (χ2n) is 1.29. The molecule has 44 valence electrons. The Morgan fingerprint density at radius 1 is 1.62 bits per heavy atom. The van der Waals surface area contributed by atoms with Crippen LogP contribution in [-0.2, 0) is 9.59 Å². The molecule has 0 aliphatic heterocycles. The van der Waals surface area contributed by atoms with Crippen LogP contribution in [0.15, 0.2) is 11.6 Å². The van der Waals surface area contributed by atoms with Crippen LogP contribution in [0.1, 0.15) is 6.92 Å². The quantitative estimate of drug-likeness (QED) is 0.412. The van der Waals surface area contributed by atoms with Crippen LogP contribution in [0.4, 0.5) is 0 Å². The van der Waals surface area contributed by atoms with Gasteiger partial charge < -0.3 is 5.11 Å². The van der Waals surface area contributed by atoms with Crippen LogP contribution in [0.2, 0.25) is 0 Å². The molecule has 0 aliphatic carbocycles. The molecule has 0 aromatic carbocycles. The van der Waals surface area contributed by atoms with E-state index in [-0.39, 0.29) is 5.57 Å². The molecule has 0 spiro atoms. The molecular weight excluding hydrogens is 108 g/mol. The molecule has 0 aromatic rings. The number of hydrogen-bond acceptors (Lipinski definition) is 2. The Kier molecular flexibility index (Phi) is 2.54. The summed E-state index contributed by atoms with van der Waals surface area (Å²) in [6.45, 7) is 1.36. The van der Waals surface area contributed by atoms with Crippen LogP contribution in [0, 0.1) is 0 Å². The van der Waals surface area contributed by atoms with E-state index < -0.39 is 5.97 Å². The van der Waals surface area contributed by atoms with Crippen LogP contribution in [-0.4, -0.2) is 17.4 Å². The molecule has 3 nitrogen and oxygen atoms in total. The summed E-state index contributed by atoms with van der Waals surface area (Å²) in [6.07, 6.45) is 1.45. The lowest BCUT2D eigenvalue weighted by atomic mass is 10.3. The maximum absolute atomic E-state index is 9.86. The fourth-order valence-electron chi connectivity index (χ4n) is 0.173. The molecule has 8 heavy (non-hydrogen) atoms. The van der Waals surface area contributed by atoms with E-state index in [1.807, 2.05) is 0 Å². The Labute approximate surface area is 46.6 Å². The molecule has 0 radical (unpaired) electrons. The Morgan fingerprint density at radius 2 is 2.12 bits per heavy atom. The van der Waals surface area contributed by atoms with Crippen molar-refractivity contribution in [3.8, 4) is 0 Å². The van der Waals surface area contributed by atoms with Gasteiger partial charge in [-0.1, -0.05) is 0 Å². The molecule has 0 saturated heterocycles. The Balaban J connectivity index is 3.99. The van der Waals surface area contributed by atoms with Crippen molar-refractivity contribution < 1.29 is 14.7 Å². The molecule has 0 heterocycles. The SMILES string of the molecule is C/C(=C/C=O)C(=O)O. The van der Waals surface area contributed by atoms with Crippen molar-refractivity contribution in [3.63, 3.8) is 0 Å². The smallest absolute Gasteiger partial charge is 0.331 e. The third-order valence-corrected chi connectivity index (χ3v) is 0.655. The van der Waals surface area contributed by atoms with E-state index >= 15 is 0 Å². The van der Waals surface area contributed by atoms with Gasteiger partial charge in [0.1, 0.15) is 6.29 Å². The molecule has 3 heteroatoms. The standard InChI is InChI=1S/C5H6O3/c1-4(2-3-6)5(7)8/h2-3H,1H3,(H,7,8)/b4-2-. The van der Waals surface area contributed by atoms with Crippen molar-refractivity contribution in [1.29, 1.82) is 0 Å². The molecule has 0 atom stereocenters. The molecule has 0 fully saturated rings. The van der Waals surface area contributed by atoms with Crippen molar-refractivity contribution in [2.75, 3.05) is 0 Å². The predicted octanol–water partition coefficient (Wildman–Crippen LogP) is 0.216. The summed E-state index contributed by atoms with van der Waals surface area (Å²) in [4.78, 5) is 19.4. The molecule has 0 aromatic heterocycles. The van der Waals surface area contributed by atoms with Gasteiger partial charge in [-0.25, -0.2) is 4.79 Å². The van der Waals surface area contributed by atoms with Gasteiger partial charge in [0.15, 0.2) is 0 Å². The first kappa shape index (κ1) is 6.88. The first-order valence-electron chi connectivity index (χ1n) is 2.04. The number of aldehydes is 1. The third kappa shape index (κ3) is 2.12. The number of carbonyl (C=O) groups excluding carboxylic acids is 1. The average molecular weight is 114 g/mol. The molecule has 0 saturated carbocycles. The van der Waals surface area contributed by atoms with Gasteiger partial charge in [-0.05, 0) is 13.0 Å². The number of rotatable bonds is 2. The third-order valence-electron chi connectivity index (χ3n) is 0.655. The summed E-state index contributed by atoms with van der Waals surface area (Å²) < 4.78 is 0. The zero-order valence-corrected chi connectivity index (χ0v) is 4.42. The van der Waals surface area contributed by atoms with E-state index in [2.05, 4.69) is 0 Å². The Bertz CT molecular complexity index is 135. The first-order valence-corrected chi connectivity index (χ1v) is 2.04. The minimum Gasteiger partial charge on any atom is -0.478 e. The maximum atomic E-state index is 9.86. The van der Waals surface area contributed by atoms with Crippen LogP contribution < -0.4 is 0 Å². The number of carboxylic acid groups (broad SMARTS) is 1. The largest absolute Gasteiger partial charge is 0.478 e. The van der Waals surface area contributed by atoms with Gasteiger partial charge in [0.05, 0.1) is 0 Å². The van der Waals surface area contributed by atoms with E-state index in [9.17, 15) is 9.59 Å². The lowest BCUT2D eigenvalue weighted by Gasteiger charge is -1.83. The summed E-state index contributed by atoms with van der Waals surface area (Å²) in [5, 5.41) is 8.09. The number of aliphatic carboxylic acids is 1. The zero-order chi connectivity index (χ0) is 6.57. The van der Waals surface area contributed by atoms with Gasteiger partial charge in [0.25, 0.3) is 0 Å². The molecule has 0 bridgehead atoms. The number of carbonyl (C=O) groups is 2. The number of allylic oxidation sites excluding steroid dienone is 1. The summed E-state index contributed by atoms with van der Waals surface area (Å²) >= 11 is 0. The molecule has 0 rings (SSSR count). The topological polar surface area (TPSA) is 54.4 Å².